The van der Waals surface area contributed by atoms with Crippen molar-refractivity contribution in [3.8, 4) is 5.75 Å². The van der Waals surface area contributed by atoms with E-state index in [0.29, 0.717) is 16.7 Å². The van der Waals surface area contributed by atoms with Gasteiger partial charge >= 0.3 is 6.03 Å². The monoisotopic (exact) mass is 310 g/mol. The van der Waals surface area contributed by atoms with Crippen molar-refractivity contribution < 1.29 is 9.53 Å². The Morgan fingerprint density at radius 1 is 1.57 bits per heavy atom. The number of halogens is 1. The first-order valence-corrected chi connectivity index (χ1v) is 7.10. The van der Waals surface area contributed by atoms with Crippen LogP contribution in [-0.2, 0) is 0 Å². The first-order chi connectivity index (χ1) is 10.0. The number of hydrogen-bond donors (Lipinski definition) is 2. The quantitative estimate of drug-likeness (QED) is 0.660. The van der Waals surface area contributed by atoms with Gasteiger partial charge in [-0.1, -0.05) is 11.6 Å². The highest BCUT2D eigenvalue weighted by atomic mass is 35.5. The number of nitrogens with two attached hydrogens (primary N) is 1. The Morgan fingerprint density at radius 2 is 2.29 bits per heavy atom. The molecule has 0 saturated heterocycles. The third-order valence-corrected chi connectivity index (χ3v) is 3.59. The summed E-state index contributed by atoms with van der Waals surface area (Å²) in [4.78, 5) is 17.0. The molecule has 0 atom stereocenters. The number of ether oxygens (including phenoxy) is 1. The molecule has 2 amide bonds. The fourth-order valence-electron chi connectivity index (χ4n) is 1.93. The number of rotatable bonds is 4. The van der Waals surface area contributed by atoms with Crippen molar-refractivity contribution in [1.29, 1.82) is 0 Å². The molecular formula is C14H19ClN4O2. The minimum absolute atomic E-state index is 0.155. The van der Waals surface area contributed by atoms with E-state index in [4.69, 9.17) is 22.1 Å². The maximum absolute atomic E-state index is 11.4. The second-order valence-electron chi connectivity index (χ2n) is 4.90. The maximum atomic E-state index is 11.4. The molecule has 3 N–H and O–H groups in total. The molecule has 114 valence electrons. The number of amides is 2. The van der Waals surface area contributed by atoms with Crippen LogP contribution >= 0.6 is 11.6 Å². The van der Waals surface area contributed by atoms with Crippen LogP contribution in [0.1, 0.15) is 12.8 Å². The lowest BCUT2D eigenvalue weighted by Gasteiger charge is -2.24. The standard InChI is InChI=1S/C14H19ClN4O2/c1-17-14(20)18-13(16)19(8-9-3-4-9)10-5-6-12(21-2)11(15)7-10/h5-7,9H,3-4,8H2,1-2H3,(H3,16,17,18,20). The van der Waals surface area contributed by atoms with Gasteiger partial charge in [0.2, 0.25) is 5.96 Å². The molecule has 0 radical (unpaired) electrons. The van der Waals surface area contributed by atoms with Gasteiger partial charge in [-0.2, -0.15) is 4.99 Å². The number of hydrogen-bond acceptors (Lipinski definition) is 2. The third-order valence-electron chi connectivity index (χ3n) is 3.29. The molecule has 1 fully saturated rings. The van der Waals surface area contributed by atoms with Crippen molar-refractivity contribution in [2.45, 2.75) is 12.8 Å². The lowest BCUT2D eigenvalue weighted by Crippen LogP contribution is -2.40. The van der Waals surface area contributed by atoms with Crippen LogP contribution in [-0.4, -0.2) is 32.7 Å². The Labute approximate surface area is 128 Å². The highest BCUT2D eigenvalue weighted by Gasteiger charge is 2.26. The summed E-state index contributed by atoms with van der Waals surface area (Å²) < 4.78 is 5.14. The fraction of sp³-hybridized carbons (Fsp3) is 0.429. The van der Waals surface area contributed by atoms with Crippen LogP contribution in [0.5, 0.6) is 5.75 Å². The molecular weight excluding hydrogens is 292 g/mol. The van der Waals surface area contributed by atoms with Gasteiger partial charge in [-0.25, -0.2) is 4.79 Å². The predicted molar refractivity (Wildman–Crippen MR) is 84.2 cm³/mol. The van der Waals surface area contributed by atoms with Gasteiger partial charge in [0, 0.05) is 19.3 Å². The van der Waals surface area contributed by atoms with Gasteiger partial charge in [0.05, 0.1) is 12.1 Å². The second-order valence-corrected chi connectivity index (χ2v) is 5.31. The zero-order valence-electron chi connectivity index (χ0n) is 12.1. The van der Waals surface area contributed by atoms with E-state index in [1.807, 2.05) is 6.07 Å². The summed E-state index contributed by atoms with van der Waals surface area (Å²) in [5.74, 6) is 1.32. The summed E-state index contributed by atoms with van der Waals surface area (Å²) in [5.41, 5.74) is 6.75. The molecule has 0 unspecified atom stereocenters. The number of anilines is 1. The van der Waals surface area contributed by atoms with Crippen molar-refractivity contribution in [1.82, 2.24) is 5.32 Å². The van der Waals surface area contributed by atoms with E-state index in [0.717, 1.165) is 25.1 Å². The van der Waals surface area contributed by atoms with Crippen molar-refractivity contribution in [3.05, 3.63) is 23.2 Å². The Balaban J connectivity index is 2.28. The van der Waals surface area contributed by atoms with Crippen molar-refractivity contribution in [2.75, 3.05) is 25.6 Å². The molecule has 0 bridgehead atoms. The fourth-order valence-corrected chi connectivity index (χ4v) is 2.19. The van der Waals surface area contributed by atoms with E-state index in [1.54, 1.807) is 24.1 Å². The van der Waals surface area contributed by atoms with Crippen molar-refractivity contribution >= 4 is 29.3 Å². The van der Waals surface area contributed by atoms with Crippen LogP contribution in [0.25, 0.3) is 0 Å². The molecule has 1 aromatic rings. The summed E-state index contributed by atoms with van der Waals surface area (Å²) >= 11 is 6.15. The first kappa shape index (κ1) is 15.4. The van der Waals surface area contributed by atoms with Gasteiger partial charge in [0.15, 0.2) is 0 Å². The molecule has 21 heavy (non-hydrogen) atoms. The molecule has 1 aromatic carbocycles. The Bertz CT molecular complexity index is 558. The van der Waals surface area contributed by atoms with E-state index in [-0.39, 0.29) is 5.96 Å². The number of carbonyl (C=O) groups excluding carboxylic acids is 1. The summed E-state index contributed by atoms with van der Waals surface area (Å²) in [7, 11) is 3.07. The Morgan fingerprint density at radius 3 is 2.81 bits per heavy atom. The summed E-state index contributed by atoms with van der Waals surface area (Å²) in [6, 6.07) is 4.90. The van der Waals surface area contributed by atoms with Crippen LogP contribution < -0.4 is 20.7 Å². The van der Waals surface area contributed by atoms with Gasteiger partial charge in [0.25, 0.3) is 0 Å². The second kappa shape index (κ2) is 6.67. The van der Waals surface area contributed by atoms with Crippen molar-refractivity contribution in [2.24, 2.45) is 16.6 Å². The zero-order valence-corrected chi connectivity index (χ0v) is 12.9. The highest BCUT2D eigenvalue weighted by Crippen LogP contribution is 2.34. The number of guanidine groups is 1. The molecule has 0 aromatic heterocycles. The number of nitrogens with one attached hydrogen (secondary N) is 1. The molecule has 0 heterocycles. The molecule has 0 spiro atoms. The van der Waals surface area contributed by atoms with Crippen LogP contribution in [0, 0.1) is 5.92 Å². The number of methoxy groups -OCH3 is 1. The number of benzene rings is 1. The number of nitrogens with zero attached hydrogens (tertiary/aromatic N) is 2. The van der Waals surface area contributed by atoms with Crippen molar-refractivity contribution in [3.63, 3.8) is 0 Å². The number of urea groups is 1. The van der Waals surface area contributed by atoms with Crippen LogP contribution in [0.15, 0.2) is 23.2 Å². The van der Waals surface area contributed by atoms with Gasteiger partial charge in [-0.15, -0.1) is 0 Å². The zero-order chi connectivity index (χ0) is 15.4. The molecule has 1 aliphatic rings. The molecule has 7 heteroatoms. The summed E-state index contributed by atoms with van der Waals surface area (Å²) in [6.07, 6.45) is 2.32. The SMILES string of the molecule is CNC(=O)N=C(N)N(CC1CC1)c1ccc(OC)c(Cl)c1. The topological polar surface area (TPSA) is 80.0 Å². The number of aliphatic imine (C=N–C) groups is 1. The first-order valence-electron chi connectivity index (χ1n) is 6.72. The maximum Gasteiger partial charge on any atom is 0.343 e. The van der Waals surface area contributed by atoms with E-state index in [2.05, 4.69) is 10.3 Å². The Hall–Kier alpha value is -1.95. The lowest BCUT2D eigenvalue weighted by atomic mass is 10.2. The summed E-state index contributed by atoms with van der Waals surface area (Å²) in [6.45, 7) is 0.717. The average Bonchev–Trinajstić information content (AvgIpc) is 3.28. The predicted octanol–water partition coefficient (Wildman–Crippen LogP) is 2.22. The Kier molecular flexibility index (Phi) is 4.90. The van der Waals surface area contributed by atoms with Gasteiger partial charge in [-0.05, 0) is 37.0 Å². The largest absolute Gasteiger partial charge is 0.495 e. The average molecular weight is 311 g/mol. The summed E-state index contributed by atoms with van der Waals surface area (Å²) in [5, 5.41) is 2.91. The van der Waals surface area contributed by atoms with Gasteiger partial charge < -0.3 is 20.7 Å². The molecule has 0 aliphatic heterocycles. The molecule has 2 rings (SSSR count). The smallest absolute Gasteiger partial charge is 0.343 e. The number of carbonyl (C=O) groups is 1. The lowest BCUT2D eigenvalue weighted by molar-refractivity contribution is 0.251. The van der Waals surface area contributed by atoms with Gasteiger partial charge in [0.1, 0.15) is 5.75 Å². The van der Waals surface area contributed by atoms with E-state index in [1.165, 1.54) is 7.05 Å². The molecule has 1 aliphatic carbocycles. The van der Waals surface area contributed by atoms with Gasteiger partial charge in [-0.3, -0.25) is 0 Å². The normalized spacial score (nSPS) is 14.7. The van der Waals surface area contributed by atoms with E-state index >= 15 is 0 Å². The van der Waals surface area contributed by atoms with E-state index in [9.17, 15) is 4.79 Å². The minimum Gasteiger partial charge on any atom is -0.495 e. The molecule has 1 saturated carbocycles. The third kappa shape index (κ3) is 4.01. The van der Waals surface area contributed by atoms with Crippen LogP contribution in [0.4, 0.5) is 10.5 Å². The van der Waals surface area contributed by atoms with E-state index < -0.39 is 6.03 Å². The van der Waals surface area contributed by atoms with Crippen LogP contribution in [0.2, 0.25) is 5.02 Å². The molecule has 6 nitrogen and oxygen atoms in total. The van der Waals surface area contributed by atoms with Crippen LogP contribution in [0.3, 0.4) is 0 Å². The minimum atomic E-state index is -0.479. The highest BCUT2D eigenvalue weighted by molar-refractivity contribution is 6.32.